The smallest absolute Gasteiger partial charge is 0.387 e. The summed E-state index contributed by atoms with van der Waals surface area (Å²) in [7, 11) is 0. The summed E-state index contributed by atoms with van der Waals surface area (Å²) < 4.78 is 30.8. The molecule has 0 saturated carbocycles. The van der Waals surface area contributed by atoms with Crippen molar-refractivity contribution in [2.75, 3.05) is 6.54 Å². The van der Waals surface area contributed by atoms with E-state index < -0.39 is 6.61 Å². The van der Waals surface area contributed by atoms with Gasteiger partial charge in [-0.1, -0.05) is 12.1 Å². The molecular formula is C18H18F2N4O2. The number of nitrogens with one attached hydrogen (secondary N) is 1. The van der Waals surface area contributed by atoms with Crippen molar-refractivity contribution in [2.45, 2.75) is 27.0 Å². The number of fused-ring (bicyclic) bond motifs is 1. The van der Waals surface area contributed by atoms with E-state index in [0.717, 1.165) is 5.56 Å². The summed E-state index contributed by atoms with van der Waals surface area (Å²) in [6, 6.07) is 6.73. The van der Waals surface area contributed by atoms with Crippen LogP contribution in [-0.2, 0) is 6.54 Å². The number of pyridine rings is 1. The van der Waals surface area contributed by atoms with Gasteiger partial charge in [-0.3, -0.25) is 14.5 Å². The number of benzene rings is 1. The molecule has 0 spiro atoms. The maximum atomic E-state index is 12.3. The average Bonchev–Trinajstić information content (AvgIpc) is 2.99. The van der Waals surface area contributed by atoms with Crippen molar-refractivity contribution in [2.24, 2.45) is 0 Å². The molecule has 0 aliphatic rings. The van der Waals surface area contributed by atoms with Gasteiger partial charge in [-0.2, -0.15) is 13.9 Å². The highest BCUT2D eigenvalue weighted by molar-refractivity contribution is 6.04. The summed E-state index contributed by atoms with van der Waals surface area (Å²) >= 11 is 0. The Hall–Kier alpha value is -3.03. The lowest BCUT2D eigenvalue weighted by atomic mass is 10.1. The van der Waals surface area contributed by atoms with E-state index in [1.165, 1.54) is 6.07 Å². The molecule has 0 bridgehead atoms. The third-order valence-corrected chi connectivity index (χ3v) is 3.83. The van der Waals surface area contributed by atoms with Crippen molar-refractivity contribution in [3.8, 4) is 5.75 Å². The highest BCUT2D eigenvalue weighted by atomic mass is 19.3. The second-order valence-corrected chi connectivity index (χ2v) is 5.76. The predicted octanol–water partition coefficient (Wildman–Crippen LogP) is 3.14. The van der Waals surface area contributed by atoms with Crippen LogP contribution in [-0.4, -0.2) is 33.8 Å². The largest absolute Gasteiger partial charge is 0.435 e. The lowest BCUT2D eigenvalue weighted by molar-refractivity contribution is -0.0503. The summed E-state index contributed by atoms with van der Waals surface area (Å²) in [4.78, 5) is 16.3. The molecule has 0 unspecified atom stereocenters. The van der Waals surface area contributed by atoms with Crippen LogP contribution < -0.4 is 10.1 Å². The molecule has 2 heterocycles. The minimum absolute atomic E-state index is 0.150. The van der Waals surface area contributed by atoms with E-state index in [2.05, 4.69) is 20.1 Å². The number of carbonyl (C=O) groups excluding carboxylic acids is 1. The molecule has 0 atom stereocenters. The van der Waals surface area contributed by atoms with Gasteiger partial charge in [0.05, 0.1) is 17.4 Å². The summed E-state index contributed by atoms with van der Waals surface area (Å²) in [5.41, 5.74) is 2.48. The fourth-order valence-electron chi connectivity index (χ4n) is 2.73. The number of carbonyl (C=O) groups is 1. The minimum atomic E-state index is -2.85. The Bertz CT molecular complexity index is 940. The molecule has 136 valence electrons. The topological polar surface area (TPSA) is 69.0 Å². The van der Waals surface area contributed by atoms with Crippen LogP contribution in [0.5, 0.6) is 5.75 Å². The number of halogens is 2. The highest BCUT2D eigenvalue weighted by Gasteiger charge is 2.14. The standard InChI is InChI=1S/C18H18F2N4O2/c1-3-21-17(25)16-13-10-24(23-14(13)6-7-22-16)9-12-4-5-15(11(2)8-12)26-18(19)20/h4-8,10,18H,3,9H2,1-2H3,(H,21,25). The number of hydrogen-bond donors (Lipinski definition) is 1. The van der Waals surface area contributed by atoms with Crippen LogP contribution in [0.25, 0.3) is 10.9 Å². The first-order valence-corrected chi connectivity index (χ1v) is 8.12. The van der Waals surface area contributed by atoms with Crippen molar-refractivity contribution in [1.82, 2.24) is 20.1 Å². The van der Waals surface area contributed by atoms with Crippen molar-refractivity contribution in [1.29, 1.82) is 0 Å². The molecule has 0 aliphatic carbocycles. The maximum absolute atomic E-state index is 12.3. The number of ether oxygens (including phenoxy) is 1. The first-order valence-electron chi connectivity index (χ1n) is 8.12. The number of amides is 1. The second kappa shape index (κ2) is 7.47. The molecular weight excluding hydrogens is 342 g/mol. The first kappa shape index (κ1) is 17.8. The van der Waals surface area contributed by atoms with Gasteiger partial charge in [-0.25, -0.2) is 0 Å². The Morgan fingerprint density at radius 2 is 2.15 bits per heavy atom. The van der Waals surface area contributed by atoms with Crippen LogP contribution in [0.15, 0.2) is 36.7 Å². The number of alkyl halides is 2. The fraction of sp³-hybridized carbons (Fsp3) is 0.278. The molecule has 1 amide bonds. The van der Waals surface area contributed by atoms with E-state index in [1.807, 2.05) is 6.92 Å². The lowest BCUT2D eigenvalue weighted by Gasteiger charge is -2.09. The van der Waals surface area contributed by atoms with Crippen LogP contribution in [0.3, 0.4) is 0 Å². The average molecular weight is 360 g/mol. The van der Waals surface area contributed by atoms with Gasteiger partial charge in [0.25, 0.3) is 5.91 Å². The van der Waals surface area contributed by atoms with Crippen LogP contribution >= 0.6 is 0 Å². The molecule has 1 aromatic carbocycles. The zero-order valence-corrected chi connectivity index (χ0v) is 14.4. The Morgan fingerprint density at radius 3 is 2.85 bits per heavy atom. The minimum Gasteiger partial charge on any atom is -0.435 e. The van der Waals surface area contributed by atoms with Crippen molar-refractivity contribution in [3.63, 3.8) is 0 Å². The van der Waals surface area contributed by atoms with Gasteiger partial charge in [0.1, 0.15) is 11.4 Å². The molecule has 1 N–H and O–H groups in total. The number of aromatic nitrogens is 3. The maximum Gasteiger partial charge on any atom is 0.387 e. The molecule has 3 aromatic rings. The van der Waals surface area contributed by atoms with E-state index in [9.17, 15) is 13.6 Å². The van der Waals surface area contributed by atoms with Crippen LogP contribution in [0.4, 0.5) is 8.78 Å². The van der Waals surface area contributed by atoms with E-state index in [-0.39, 0.29) is 11.7 Å². The molecule has 0 radical (unpaired) electrons. The summed E-state index contributed by atoms with van der Waals surface area (Å²) in [6.07, 6.45) is 3.30. The lowest BCUT2D eigenvalue weighted by Crippen LogP contribution is -2.23. The van der Waals surface area contributed by atoms with Gasteiger partial charge in [-0.15, -0.1) is 0 Å². The third kappa shape index (κ3) is 3.79. The molecule has 2 aromatic heterocycles. The highest BCUT2D eigenvalue weighted by Crippen LogP contribution is 2.22. The summed E-state index contributed by atoms with van der Waals surface area (Å²) in [6.45, 7) is 1.64. The van der Waals surface area contributed by atoms with E-state index in [1.54, 1.807) is 42.2 Å². The number of nitrogens with zero attached hydrogens (tertiary/aromatic N) is 3. The third-order valence-electron chi connectivity index (χ3n) is 3.83. The Morgan fingerprint density at radius 1 is 1.35 bits per heavy atom. The number of rotatable bonds is 6. The quantitative estimate of drug-likeness (QED) is 0.733. The Balaban J connectivity index is 1.86. The molecule has 0 saturated heterocycles. The van der Waals surface area contributed by atoms with Crippen LogP contribution in [0.2, 0.25) is 0 Å². The number of aryl methyl sites for hydroxylation is 1. The normalized spacial score (nSPS) is 11.1. The van der Waals surface area contributed by atoms with Crippen LogP contribution in [0, 0.1) is 6.92 Å². The van der Waals surface area contributed by atoms with Gasteiger partial charge in [0, 0.05) is 18.9 Å². The molecule has 0 aliphatic heterocycles. The molecule has 8 heteroatoms. The van der Waals surface area contributed by atoms with Gasteiger partial charge in [0.15, 0.2) is 0 Å². The zero-order chi connectivity index (χ0) is 18.7. The monoisotopic (exact) mass is 360 g/mol. The Labute approximate surface area is 148 Å². The molecule has 0 fully saturated rings. The van der Waals surface area contributed by atoms with Crippen molar-refractivity contribution in [3.05, 3.63) is 53.5 Å². The van der Waals surface area contributed by atoms with Crippen LogP contribution in [0.1, 0.15) is 28.5 Å². The summed E-state index contributed by atoms with van der Waals surface area (Å²) in [5.74, 6) is -0.0981. The number of hydrogen-bond acceptors (Lipinski definition) is 4. The van der Waals surface area contributed by atoms with Gasteiger partial charge in [0.2, 0.25) is 0 Å². The fourth-order valence-corrected chi connectivity index (χ4v) is 2.73. The first-order chi connectivity index (χ1) is 12.5. The van der Waals surface area contributed by atoms with Gasteiger partial charge in [-0.05, 0) is 37.1 Å². The second-order valence-electron chi connectivity index (χ2n) is 5.76. The van der Waals surface area contributed by atoms with Gasteiger partial charge >= 0.3 is 6.61 Å². The summed E-state index contributed by atoms with van der Waals surface area (Å²) in [5, 5.41) is 7.85. The predicted molar refractivity (Wildman–Crippen MR) is 92.4 cm³/mol. The van der Waals surface area contributed by atoms with E-state index >= 15 is 0 Å². The molecule has 6 nitrogen and oxygen atoms in total. The zero-order valence-electron chi connectivity index (χ0n) is 14.4. The molecule has 3 rings (SSSR count). The van der Waals surface area contributed by atoms with E-state index in [0.29, 0.717) is 35.2 Å². The molecule has 26 heavy (non-hydrogen) atoms. The van der Waals surface area contributed by atoms with E-state index in [4.69, 9.17) is 0 Å². The van der Waals surface area contributed by atoms with Crippen molar-refractivity contribution >= 4 is 16.8 Å². The Kier molecular flexibility index (Phi) is 5.11. The van der Waals surface area contributed by atoms with Gasteiger partial charge < -0.3 is 10.1 Å². The van der Waals surface area contributed by atoms with Crippen molar-refractivity contribution < 1.29 is 18.3 Å². The SMILES string of the molecule is CCNC(=O)c1nccc2nn(Cc3ccc(OC(F)F)c(C)c3)cc12.